The number of benzene rings is 2. The van der Waals surface area contributed by atoms with E-state index in [2.05, 4.69) is 16.6 Å². The van der Waals surface area contributed by atoms with Gasteiger partial charge in [0.1, 0.15) is 12.3 Å². The molecular weight excluding hydrogens is 350 g/mol. The molecule has 1 fully saturated rings. The monoisotopic (exact) mass is 380 g/mol. The van der Waals surface area contributed by atoms with E-state index in [1.807, 2.05) is 50.2 Å². The third-order valence-electron chi connectivity index (χ3n) is 5.41. The van der Waals surface area contributed by atoms with E-state index in [4.69, 9.17) is 4.74 Å². The van der Waals surface area contributed by atoms with Crippen LogP contribution in [0.4, 0.5) is 0 Å². The number of likely N-dealkylation sites (tertiary alicyclic amines) is 1. The van der Waals surface area contributed by atoms with Crippen molar-refractivity contribution in [2.45, 2.75) is 39.7 Å². The van der Waals surface area contributed by atoms with Gasteiger partial charge in [-0.1, -0.05) is 18.2 Å². The first-order chi connectivity index (χ1) is 13.6. The highest BCUT2D eigenvalue weighted by Gasteiger charge is 2.17. The minimum absolute atomic E-state index is 0.191. The van der Waals surface area contributed by atoms with Gasteiger partial charge in [0.15, 0.2) is 0 Å². The number of methoxy groups -OCH3 is 1. The van der Waals surface area contributed by atoms with E-state index >= 15 is 0 Å². The number of piperidine rings is 1. The van der Waals surface area contributed by atoms with Crippen LogP contribution >= 0.6 is 0 Å². The molecule has 1 aliphatic rings. The van der Waals surface area contributed by atoms with Crippen molar-refractivity contribution in [2.24, 2.45) is 5.10 Å². The van der Waals surface area contributed by atoms with Crippen molar-refractivity contribution in [1.29, 1.82) is 0 Å². The molecule has 0 unspecified atom stereocenters. The van der Waals surface area contributed by atoms with E-state index in [9.17, 15) is 4.79 Å². The largest absolute Gasteiger partial charge is 0.496 e. The fourth-order valence-electron chi connectivity index (χ4n) is 3.73. The molecule has 0 atom stereocenters. The van der Waals surface area contributed by atoms with Gasteiger partial charge in [0.2, 0.25) is 0 Å². The van der Waals surface area contributed by atoms with Crippen molar-refractivity contribution in [3.63, 3.8) is 0 Å². The van der Waals surface area contributed by atoms with E-state index in [1.54, 1.807) is 12.0 Å². The molecular formula is C23H30N3O2+. The topological polar surface area (TPSA) is 55.1 Å². The van der Waals surface area contributed by atoms with Gasteiger partial charge in [-0.15, -0.1) is 0 Å². The Morgan fingerprint density at radius 2 is 1.89 bits per heavy atom. The zero-order valence-corrected chi connectivity index (χ0v) is 17.0. The molecule has 0 radical (unpaired) electrons. The van der Waals surface area contributed by atoms with Crippen LogP contribution < -0.4 is 15.1 Å². The fourth-order valence-corrected chi connectivity index (χ4v) is 3.73. The molecule has 0 spiro atoms. The summed E-state index contributed by atoms with van der Waals surface area (Å²) in [7, 11) is 1.72. The zero-order chi connectivity index (χ0) is 19.9. The molecule has 1 aliphatic heterocycles. The quantitative estimate of drug-likeness (QED) is 0.598. The molecule has 1 heterocycles. The second kappa shape index (κ2) is 9.51. The van der Waals surface area contributed by atoms with Crippen molar-refractivity contribution >= 4 is 11.6 Å². The summed E-state index contributed by atoms with van der Waals surface area (Å²) in [6.45, 7) is 7.22. The number of quaternary nitrogens is 1. The second-order valence-electron chi connectivity index (χ2n) is 7.47. The molecule has 28 heavy (non-hydrogen) atoms. The first kappa shape index (κ1) is 20.1. The Morgan fingerprint density at radius 3 is 2.61 bits per heavy atom. The lowest BCUT2D eigenvalue weighted by molar-refractivity contribution is -0.918. The summed E-state index contributed by atoms with van der Waals surface area (Å²) in [6, 6.07) is 13.6. The Morgan fingerprint density at radius 1 is 1.14 bits per heavy atom. The van der Waals surface area contributed by atoms with Crippen LogP contribution in [0.2, 0.25) is 0 Å². The zero-order valence-electron chi connectivity index (χ0n) is 17.0. The average molecular weight is 381 g/mol. The van der Waals surface area contributed by atoms with Gasteiger partial charge < -0.3 is 9.64 Å². The van der Waals surface area contributed by atoms with Crippen LogP contribution in [0.5, 0.6) is 5.75 Å². The fraction of sp³-hybridized carbons (Fsp3) is 0.391. The van der Waals surface area contributed by atoms with Crippen molar-refractivity contribution < 1.29 is 14.4 Å². The van der Waals surface area contributed by atoms with Crippen LogP contribution in [0.15, 0.2) is 47.6 Å². The first-order valence-electron chi connectivity index (χ1n) is 9.99. The predicted molar refractivity (Wildman–Crippen MR) is 112 cm³/mol. The Hall–Kier alpha value is -2.66. The highest BCUT2D eigenvalue weighted by molar-refractivity contribution is 6.01. The van der Waals surface area contributed by atoms with Gasteiger partial charge in [-0.25, -0.2) is 5.43 Å². The second-order valence-corrected chi connectivity index (χ2v) is 7.47. The summed E-state index contributed by atoms with van der Waals surface area (Å²) < 4.78 is 5.57. The number of nitrogens with one attached hydrogen (secondary N) is 2. The highest BCUT2D eigenvalue weighted by atomic mass is 16.5. The molecule has 0 aliphatic carbocycles. The number of nitrogens with zero attached hydrogens (tertiary/aromatic N) is 1. The Bertz CT molecular complexity index is 855. The number of amides is 1. The van der Waals surface area contributed by atoms with Crippen LogP contribution in [0.3, 0.4) is 0 Å². The third kappa shape index (κ3) is 4.98. The Balaban J connectivity index is 1.74. The maximum Gasteiger partial charge on any atom is 0.271 e. The smallest absolute Gasteiger partial charge is 0.271 e. The number of rotatable bonds is 6. The maximum absolute atomic E-state index is 12.4. The molecule has 1 saturated heterocycles. The number of ether oxygens (including phenoxy) is 1. The summed E-state index contributed by atoms with van der Waals surface area (Å²) in [4.78, 5) is 14.0. The lowest BCUT2D eigenvalue weighted by Gasteiger charge is -2.24. The summed E-state index contributed by atoms with van der Waals surface area (Å²) >= 11 is 0. The molecule has 2 aromatic carbocycles. The lowest BCUT2D eigenvalue weighted by atomic mass is 10.0. The van der Waals surface area contributed by atoms with Gasteiger partial charge in [-0.3, -0.25) is 4.79 Å². The third-order valence-corrected chi connectivity index (χ3v) is 5.41. The summed E-state index contributed by atoms with van der Waals surface area (Å²) in [5, 5.41) is 4.32. The van der Waals surface area contributed by atoms with Crippen LogP contribution in [0.25, 0.3) is 0 Å². The number of hydrogen-bond donors (Lipinski definition) is 2. The Labute approximate surface area is 167 Å². The van der Waals surface area contributed by atoms with Crippen LogP contribution in [-0.2, 0) is 6.54 Å². The number of aryl methyl sites for hydroxylation is 1. The van der Waals surface area contributed by atoms with Crippen molar-refractivity contribution in [3.8, 4) is 5.75 Å². The molecule has 148 valence electrons. The van der Waals surface area contributed by atoms with Crippen LogP contribution in [0, 0.1) is 6.92 Å². The normalized spacial score (nSPS) is 15.3. The van der Waals surface area contributed by atoms with Gasteiger partial charge in [0.25, 0.3) is 5.91 Å². The van der Waals surface area contributed by atoms with Gasteiger partial charge in [-0.05, 0) is 68.5 Å². The van der Waals surface area contributed by atoms with Gasteiger partial charge in [-0.2, -0.15) is 5.10 Å². The number of carbonyl (C=O) groups excluding carboxylic acids is 1. The van der Waals surface area contributed by atoms with E-state index in [0.717, 1.165) is 29.1 Å². The Kier molecular flexibility index (Phi) is 6.82. The molecule has 5 heteroatoms. The van der Waals surface area contributed by atoms with Gasteiger partial charge in [0, 0.05) is 11.1 Å². The van der Waals surface area contributed by atoms with E-state index in [1.165, 1.54) is 37.9 Å². The summed E-state index contributed by atoms with van der Waals surface area (Å²) in [6.07, 6.45) is 3.93. The van der Waals surface area contributed by atoms with Crippen LogP contribution in [-0.4, -0.2) is 31.8 Å². The van der Waals surface area contributed by atoms with Crippen molar-refractivity contribution in [2.75, 3.05) is 20.2 Å². The molecule has 0 aromatic heterocycles. The minimum atomic E-state index is -0.191. The van der Waals surface area contributed by atoms with Crippen molar-refractivity contribution in [3.05, 3.63) is 64.7 Å². The molecule has 3 rings (SSSR count). The number of carbonyl (C=O) groups is 1. The highest BCUT2D eigenvalue weighted by Crippen LogP contribution is 2.20. The van der Waals surface area contributed by atoms with E-state index in [-0.39, 0.29) is 5.91 Å². The van der Waals surface area contributed by atoms with Crippen LogP contribution in [0.1, 0.15) is 53.2 Å². The number of hydrogen-bond acceptors (Lipinski definition) is 3. The first-order valence-corrected chi connectivity index (χ1v) is 9.99. The summed E-state index contributed by atoms with van der Waals surface area (Å²) in [5.74, 6) is 0.725. The van der Waals surface area contributed by atoms with E-state index in [0.29, 0.717) is 5.56 Å². The van der Waals surface area contributed by atoms with Gasteiger partial charge >= 0.3 is 0 Å². The van der Waals surface area contributed by atoms with Gasteiger partial charge in [0.05, 0.1) is 25.9 Å². The van der Waals surface area contributed by atoms with Crippen molar-refractivity contribution in [1.82, 2.24) is 5.43 Å². The standard InChI is InChI=1S/C23H29N3O2/c1-17-9-5-6-10-21(17)23(27)25-24-18(2)19-11-12-22(28-3)20(15-19)16-26-13-7-4-8-14-26/h5-6,9-12,15H,4,7-8,13-14,16H2,1-3H3,(H,25,27)/p+1/b24-18-. The molecule has 0 saturated carbocycles. The number of hydrazone groups is 1. The molecule has 2 aromatic rings. The lowest BCUT2D eigenvalue weighted by Crippen LogP contribution is -3.11. The molecule has 2 N–H and O–H groups in total. The molecule has 1 amide bonds. The SMILES string of the molecule is COc1ccc(/C(C)=N\NC(=O)c2ccccc2C)cc1C[NH+]1CCCCC1. The minimum Gasteiger partial charge on any atom is -0.496 e. The maximum atomic E-state index is 12.4. The summed E-state index contributed by atoms with van der Waals surface area (Å²) in [5.41, 5.74) is 7.22. The average Bonchev–Trinajstić information content (AvgIpc) is 2.73. The predicted octanol–water partition coefficient (Wildman–Crippen LogP) is 2.73. The molecule has 5 nitrogen and oxygen atoms in total. The van der Waals surface area contributed by atoms with E-state index < -0.39 is 0 Å². The molecule has 0 bridgehead atoms.